The first-order valence-corrected chi connectivity index (χ1v) is 16.8. The van der Waals surface area contributed by atoms with E-state index in [-0.39, 0.29) is 29.7 Å². The number of hydrogen-bond donors (Lipinski definition) is 0. The molecule has 0 aliphatic heterocycles. The van der Waals surface area contributed by atoms with E-state index in [1.807, 2.05) is 24.3 Å². The van der Waals surface area contributed by atoms with Gasteiger partial charge >= 0.3 is 0 Å². The number of benzene rings is 8. The molecule has 2 heterocycles. The summed E-state index contributed by atoms with van der Waals surface area (Å²) in [6, 6.07) is 55.5. The van der Waals surface area contributed by atoms with Crippen LogP contribution in [0.5, 0.6) is 0 Å². The van der Waals surface area contributed by atoms with Gasteiger partial charge in [0.2, 0.25) is 0 Å². The summed E-state index contributed by atoms with van der Waals surface area (Å²) in [7, 11) is 0. The van der Waals surface area contributed by atoms with Crippen LogP contribution in [-0.4, -0.2) is 9.13 Å². The van der Waals surface area contributed by atoms with Crippen molar-refractivity contribution in [2.45, 2.75) is 0 Å². The molecule has 0 N–H and O–H groups in total. The second-order valence-electron chi connectivity index (χ2n) is 12.6. The first-order chi connectivity index (χ1) is 26.9. The summed E-state index contributed by atoms with van der Waals surface area (Å²) in [6.07, 6.45) is 0. The predicted molar refractivity (Wildman–Crippen MR) is 211 cm³/mol. The van der Waals surface area contributed by atoms with Gasteiger partial charge in [-0.1, -0.05) is 139 Å². The van der Waals surface area contributed by atoms with Gasteiger partial charge in [0.15, 0.2) is 0 Å². The van der Waals surface area contributed by atoms with Gasteiger partial charge in [0.1, 0.15) is 0 Å². The van der Waals surface area contributed by atoms with Crippen LogP contribution in [0.15, 0.2) is 194 Å². The van der Waals surface area contributed by atoms with E-state index < -0.39 is 6.04 Å². The first-order valence-electron chi connectivity index (χ1n) is 19.3. The van der Waals surface area contributed by atoms with Crippen molar-refractivity contribution in [3.63, 3.8) is 0 Å². The zero-order valence-electron chi connectivity index (χ0n) is 32.0. The highest BCUT2D eigenvalue weighted by molar-refractivity contribution is 6.28. The second kappa shape index (κ2) is 11.5. The number of nitrogens with zero attached hydrogens (tertiary/aromatic N) is 2. The minimum absolute atomic E-state index is 0.201. The summed E-state index contributed by atoms with van der Waals surface area (Å²) in [6.45, 7) is 0. The van der Waals surface area contributed by atoms with Crippen LogP contribution in [-0.2, 0) is 0 Å². The molecule has 0 atom stereocenters. The molecule has 0 amide bonds. The smallest absolute Gasteiger partial charge is 0.0629 e. The van der Waals surface area contributed by atoms with E-state index in [0.717, 1.165) is 44.6 Å². The molecule has 2 aromatic heterocycles. The highest BCUT2D eigenvalue weighted by Crippen LogP contribution is 2.42. The Bertz CT molecular complexity index is 3100. The van der Waals surface area contributed by atoms with Crippen LogP contribution in [0.4, 0.5) is 0 Å². The lowest BCUT2D eigenvalue weighted by atomic mass is 9.99. The maximum absolute atomic E-state index is 8.49. The Morgan fingerprint density at radius 3 is 1.32 bits per heavy atom. The molecule has 0 radical (unpaired) electrons. The molecule has 2 heteroatoms. The Labute approximate surface area is 297 Å². The molecule has 50 heavy (non-hydrogen) atoms. The van der Waals surface area contributed by atoms with E-state index in [0.29, 0.717) is 5.56 Å². The molecule has 0 unspecified atom stereocenters. The summed E-state index contributed by atoms with van der Waals surface area (Å²) in [4.78, 5) is 0. The molecule has 234 valence electrons. The Balaban J connectivity index is 1.11. The third-order valence-electron chi connectivity index (χ3n) is 9.81. The zero-order chi connectivity index (χ0) is 37.4. The molecule has 10 rings (SSSR count). The maximum Gasteiger partial charge on any atom is 0.0629 e. The van der Waals surface area contributed by atoms with Crippen molar-refractivity contribution in [2.24, 2.45) is 0 Å². The lowest BCUT2D eigenvalue weighted by molar-refractivity contribution is 1.17. The Kier molecular flexibility index (Phi) is 5.44. The predicted octanol–water partition coefficient (Wildman–Crippen LogP) is 12.9. The van der Waals surface area contributed by atoms with E-state index in [4.69, 9.17) is 6.85 Å². The van der Waals surface area contributed by atoms with E-state index in [1.165, 1.54) is 32.7 Å². The van der Waals surface area contributed by atoms with Crippen LogP contribution >= 0.6 is 0 Å². The van der Waals surface area contributed by atoms with Crippen LogP contribution in [0.25, 0.3) is 88.4 Å². The van der Waals surface area contributed by atoms with Crippen molar-refractivity contribution in [2.75, 3.05) is 0 Å². The van der Waals surface area contributed by atoms with Crippen LogP contribution in [0.1, 0.15) is 6.85 Å². The number of aromatic nitrogens is 2. The minimum atomic E-state index is -0.393. The number of hydrogen-bond acceptors (Lipinski definition) is 0. The first kappa shape index (κ1) is 23.6. The van der Waals surface area contributed by atoms with Gasteiger partial charge in [-0.05, 0) is 88.0 Å². The van der Waals surface area contributed by atoms with Crippen molar-refractivity contribution in [1.29, 1.82) is 0 Å². The van der Waals surface area contributed by atoms with Gasteiger partial charge in [0.05, 0.1) is 28.9 Å². The Morgan fingerprint density at radius 1 is 0.320 bits per heavy atom. The van der Waals surface area contributed by atoms with Crippen LogP contribution in [0.3, 0.4) is 0 Å². The van der Waals surface area contributed by atoms with Gasteiger partial charge < -0.3 is 9.13 Å². The fourth-order valence-corrected chi connectivity index (χ4v) is 7.56. The molecule has 2 nitrogen and oxygen atoms in total. The van der Waals surface area contributed by atoms with Crippen LogP contribution in [0, 0.1) is 0 Å². The molecule has 0 aliphatic carbocycles. The topological polar surface area (TPSA) is 9.86 Å². The molecule has 10 aromatic rings. The molecule has 0 aliphatic rings. The fourth-order valence-electron chi connectivity index (χ4n) is 7.56. The Hall–Kier alpha value is -6.64. The van der Waals surface area contributed by atoms with Gasteiger partial charge in [-0.3, -0.25) is 0 Å². The molecule has 0 bridgehead atoms. The zero-order valence-corrected chi connectivity index (χ0v) is 27.0. The highest BCUT2D eigenvalue weighted by Gasteiger charge is 2.20. The molecule has 0 saturated carbocycles. The normalized spacial score (nSPS) is 13.0. The Morgan fingerprint density at radius 2 is 0.760 bits per heavy atom. The average molecular weight is 642 g/mol. The van der Waals surface area contributed by atoms with Gasteiger partial charge in [0.25, 0.3) is 0 Å². The molecular formula is C48H32N2. The summed E-state index contributed by atoms with van der Waals surface area (Å²) in [5.41, 5.74) is 11.7. The molecule has 0 fully saturated rings. The average Bonchev–Trinajstić information content (AvgIpc) is 3.76. The summed E-state index contributed by atoms with van der Waals surface area (Å²) < 4.78 is 46.0. The van der Waals surface area contributed by atoms with Gasteiger partial charge in [-0.2, -0.15) is 0 Å². The van der Waals surface area contributed by atoms with Gasteiger partial charge in [-0.15, -0.1) is 0 Å². The van der Waals surface area contributed by atoms with E-state index in [1.54, 1.807) is 6.07 Å². The lowest BCUT2D eigenvalue weighted by Crippen LogP contribution is -1.95. The van der Waals surface area contributed by atoms with E-state index in [2.05, 4.69) is 143 Å². The van der Waals surface area contributed by atoms with Gasteiger partial charge in [0, 0.05) is 32.9 Å². The van der Waals surface area contributed by atoms with E-state index in [9.17, 15) is 0 Å². The molecule has 8 aromatic carbocycles. The number of rotatable bonds is 5. The summed E-state index contributed by atoms with van der Waals surface area (Å²) in [5, 5.41) is 4.81. The molecule has 0 spiro atoms. The lowest BCUT2D eigenvalue weighted by Gasteiger charge is -2.11. The van der Waals surface area contributed by atoms with Crippen LogP contribution < -0.4 is 0 Å². The summed E-state index contributed by atoms with van der Waals surface area (Å²) in [5.74, 6) is 0. The standard InChI is InChI=1S/C48H32N2/c1-3-12-33(13-4-1)35-22-26-39(27-23-35)49-43-20-9-7-18-41(43)47-45(49)30-31-46-48(47)42-19-8-10-21-44(42)50(46)40-28-24-36(25-29-40)38-17-11-16-37(32-38)34-14-5-2-6-15-34/h1-32H/i2D,5D,6D,14D,15D. The van der Waals surface area contributed by atoms with Gasteiger partial charge in [-0.25, -0.2) is 0 Å². The van der Waals surface area contributed by atoms with Crippen molar-refractivity contribution >= 4 is 43.6 Å². The quantitative estimate of drug-likeness (QED) is 0.177. The van der Waals surface area contributed by atoms with Crippen LogP contribution in [0.2, 0.25) is 0 Å². The summed E-state index contributed by atoms with van der Waals surface area (Å²) >= 11 is 0. The largest absolute Gasteiger partial charge is 0.309 e. The fraction of sp³-hybridized carbons (Fsp3) is 0. The van der Waals surface area contributed by atoms with Crippen molar-refractivity contribution in [1.82, 2.24) is 9.13 Å². The van der Waals surface area contributed by atoms with Crippen molar-refractivity contribution in [3.8, 4) is 44.8 Å². The number of fused-ring (bicyclic) bond motifs is 7. The number of para-hydroxylation sites is 2. The third kappa shape index (κ3) is 4.50. The monoisotopic (exact) mass is 641 g/mol. The van der Waals surface area contributed by atoms with Crippen molar-refractivity contribution in [3.05, 3.63) is 194 Å². The molecular weight excluding hydrogens is 605 g/mol. The van der Waals surface area contributed by atoms with Crippen molar-refractivity contribution < 1.29 is 6.85 Å². The SMILES string of the molecule is [2H]c1c([2H])c([2H])c(-c2cccc(-c3ccc(-n4c5ccccc5c5c6c7ccccc7n(-c7ccc(-c8ccccc8)cc7)c6ccc54)cc3)c2)c([2H])c1[2H]. The maximum atomic E-state index is 8.49. The molecule has 0 saturated heterocycles. The third-order valence-corrected chi connectivity index (χ3v) is 9.81. The minimum Gasteiger partial charge on any atom is -0.309 e. The van der Waals surface area contributed by atoms with E-state index >= 15 is 0 Å². The highest BCUT2D eigenvalue weighted by atomic mass is 15.0. The second-order valence-corrected chi connectivity index (χ2v) is 12.6.